The molecule has 0 aromatic heterocycles. The monoisotopic (exact) mass is 458 g/mol. The maximum atomic E-state index is 3.81. The van der Waals surface area contributed by atoms with Gasteiger partial charge in [-0.1, -0.05) is 63.3 Å². The quantitative estimate of drug-likeness (QED) is 0.550. The van der Waals surface area contributed by atoms with Crippen LogP contribution in [0.15, 0.2) is 66.3 Å². The summed E-state index contributed by atoms with van der Waals surface area (Å²) < 4.78 is 2.27. The number of allylic oxidation sites excluding steroid dienone is 7. The largest absolute Gasteiger partial charge is 0.378 e. The fourth-order valence-electron chi connectivity index (χ4n) is 6.50. The van der Waals surface area contributed by atoms with Gasteiger partial charge in [-0.2, -0.15) is 0 Å². The standard InChI is InChI=1S/C31H44N3/c1-8-32-29-19-18-28(31(3)20-10-9-11-27(29)31)30(23-12-14-24(15-13-23)33(4)5)26-17-16-25(34(6)7)21-22(26)2/h9-17,20,22,27-29,32H,8,18-19,21H2,1-7H3/q+1/t22-,27?,28?,29?,31?/m1/s1. The van der Waals surface area contributed by atoms with Crippen LogP contribution in [0.2, 0.25) is 0 Å². The van der Waals surface area contributed by atoms with E-state index in [-0.39, 0.29) is 5.41 Å². The van der Waals surface area contributed by atoms with Crippen molar-refractivity contribution in [1.29, 1.82) is 0 Å². The molecule has 0 heterocycles. The van der Waals surface area contributed by atoms with Crippen LogP contribution in [-0.2, 0) is 0 Å². The summed E-state index contributed by atoms with van der Waals surface area (Å²) in [4.78, 5) is 2.19. The first-order valence-electron chi connectivity index (χ1n) is 13.1. The normalized spacial score (nSPS) is 31.9. The minimum Gasteiger partial charge on any atom is -0.378 e. The maximum absolute atomic E-state index is 3.81. The Morgan fingerprint density at radius 2 is 1.82 bits per heavy atom. The molecule has 4 rings (SSSR count). The molecule has 0 saturated heterocycles. The van der Waals surface area contributed by atoms with Gasteiger partial charge in [-0.25, -0.2) is 4.58 Å². The topological polar surface area (TPSA) is 18.3 Å². The second kappa shape index (κ2) is 10.1. The molecule has 1 aromatic rings. The van der Waals surface area contributed by atoms with Crippen molar-refractivity contribution < 1.29 is 4.58 Å². The van der Waals surface area contributed by atoms with Crippen LogP contribution in [0.5, 0.6) is 0 Å². The number of hydrogen-bond donors (Lipinski definition) is 1. The lowest BCUT2D eigenvalue weighted by molar-refractivity contribution is -0.465. The van der Waals surface area contributed by atoms with Gasteiger partial charge in [0.25, 0.3) is 0 Å². The Balaban J connectivity index is 1.87. The highest BCUT2D eigenvalue weighted by Gasteiger charge is 2.48. The summed E-state index contributed by atoms with van der Waals surface area (Å²) in [5.41, 5.74) is 7.25. The molecule has 0 radical (unpaired) electrons. The summed E-state index contributed by atoms with van der Waals surface area (Å²) in [6.45, 7) is 8.19. The first-order valence-corrected chi connectivity index (χ1v) is 13.1. The van der Waals surface area contributed by atoms with Crippen molar-refractivity contribution in [3.63, 3.8) is 0 Å². The maximum Gasteiger partial charge on any atom is 0.176 e. The predicted molar refractivity (Wildman–Crippen MR) is 148 cm³/mol. The van der Waals surface area contributed by atoms with Gasteiger partial charge in [-0.3, -0.25) is 0 Å². The number of benzene rings is 1. The Labute approximate surface area is 207 Å². The summed E-state index contributed by atoms with van der Waals surface area (Å²) in [5.74, 6) is 1.50. The van der Waals surface area contributed by atoms with Crippen LogP contribution in [0.1, 0.15) is 45.6 Å². The third-order valence-corrected chi connectivity index (χ3v) is 8.45. The molecule has 3 nitrogen and oxygen atoms in total. The van der Waals surface area contributed by atoms with E-state index in [0.717, 1.165) is 13.0 Å². The molecule has 0 spiro atoms. The zero-order valence-corrected chi connectivity index (χ0v) is 22.3. The Kier molecular flexibility index (Phi) is 7.33. The number of anilines is 1. The summed E-state index contributed by atoms with van der Waals surface area (Å²) in [7, 11) is 8.56. The average Bonchev–Trinajstić information content (AvgIpc) is 2.81. The lowest BCUT2D eigenvalue weighted by atomic mass is 9.54. The highest BCUT2D eigenvalue weighted by Crippen LogP contribution is 2.55. The fourth-order valence-corrected chi connectivity index (χ4v) is 6.50. The molecule has 1 saturated carbocycles. The molecule has 1 aromatic carbocycles. The number of hydrogen-bond acceptors (Lipinski definition) is 2. The number of fused-ring (bicyclic) bond motifs is 1. The van der Waals surface area contributed by atoms with Gasteiger partial charge in [-0.15, -0.1) is 0 Å². The summed E-state index contributed by atoms with van der Waals surface area (Å²) in [5, 5.41) is 3.81. The SMILES string of the molecule is CCNC1CCC(C(=C2C=CC(=[N+](C)C)C[C@H]2C)c2ccc(N(C)C)cc2)C2(C)C=CC=CC12. The van der Waals surface area contributed by atoms with Gasteiger partial charge in [-0.05, 0) is 60.1 Å². The molecule has 5 atom stereocenters. The lowest BCUT2D eigenvalue weighted by Gasteiger charge is -2.51. The van der Waals surface area contributed by atoms with Gasteiger partial charge < -0.3 is 10.2 Å². The van der Waals surface area contributed by atoms with Crippen molar-refractivity contribution in [3.8, 4) is 0 Å². The molecule has 3 heteroatoms. The van der Waals surface area contributed by atoms with Gasteiger partial charge in [0.1, 0.15) is 14.1 Å². The van der Waals surface area contributed by atoms with Crippen LogP contribution in [0.3, 0.4) is 0 Å². The summed E-state index contributed by atoms with van der Waals surface area (Å²) in [6, 6.07) is 9.83. The van der Waals surface area contributed by atoms with Crippen LogP contribution in [0.4, 0.5) is 5.69 Å². The van der Waals surface area contributed by atoms with Crippen LogP contribution in [0, 0.1) is 23.2 Å². The lowest BCUT2D eigenvalue weighted by Crippen LogP contribution is -2.51. The van der Waals surface area contributed by atoms with Gasteiger partial charge in [0.15, 0.2) is 5.71 Å². The van der Waals surface area contributed by atoms with E-state index in [0.29, 0.717) is 23.8 Å². The third kappa shape index (κ3) is 4.60. The van der Waals surface area contributed by atoms with Crippen molar-refractivity contribution in [2.75, 3.05) is 39.6 Å². The molecule has 0 aliphatic heterocycles. The second-order valence-electron chi connectivity index (χ2n) is 11.1. The molecule has 0 bridgehead atoms. The average molecular weight is 459 g/mol. The van der Waals surface area contributed by atoms with E-state index in [4.69, 9.17) is 0 Å². The van der Waals surface area contributed by atoms with E-state index in [1.165, 1.54) is 35.4 Å². The zero-order valence-electron chi connectivity index (χ0n) is 22.3. The molecule has 0 amide bonds. The number of nitrogens with one attached hydrogen (secondary N) is 1. The molecule has 182 valence electrons. The molecule has 1 N–H and O–H groups in total. The van der Waals surface area contributed by atoms with Crippen molar-refractivity contribution in [2.45, 2.75) is 46.1 Å². The van der Waals surface area contributed by atoms with Crippen LogP contribution < -0.4 is 10.2 Å². The van der Waals surface area contributed by atoms with E-state index < -0.39 is 0 Å². The zero-order chi connectivity index (χ0) is 24.5. The van der Waals surface area contributed by atoms with Gasteiger partial charge in [0.2, 0.25) is 0 Å². The molecule has 3 aliphatic rings. The Bertz CT molecular complexity index is 1030. The van der Waals surface area contributed by atoms with E-state index >= 15 is 0 Å². The van der Waals surface area contributed by atoms with E-state index in [9.17, 15) is 0 Å². The van der Waals surface area contributed by atoms with Crippen molar-refractivity contribution in [1.82, 2.24) is 5.32 Å². The van der Waals surface area contributed by atoms with E-state index in [2.05, 4.69) is 124 Å². The van der Waals surface area contributed by atoms with E-state index in [1.807, 2.05) is 0 Å². The first kappa shape index (κ1) is 24.7. The molecular formula is C31H44N3+. The third-order valence-electron chi connectivity index (χ3n) is 8.45. The van der Waals surface area contributed by atoms with Crippen LogP contribution >= 0.6 is 0 Å². The summed E-state index contributed by atoms with van der Waals surface area (Å²) >= 11 is 0. The fraction of sp³-hybridized carbons (Fsp3) is 0.516. The van der Waals surface area contributed by atoms with Crippen LogP contribution in [-0.4, -0.2) is 51.1 Å². The minimum absolute atomic E-state index is 0.0987. The van der Waals surface area contributed by atoms with Crippen LogP contribution in [0.25, 0.3) is 5.57 Å². The molecule has 3 aliphatic carbocycles. The summed E-state index contributed by atoms with van der Waals surface area (Å²) in [6.07, 6.45) is 17.8. The molecule has 34 heavy (non-hydrogen) atoms. The minimum atomic E-state index is 0.0987. The number of rotatable bonds is 5. The highest BCUT2D eigenvalue weighted by molar-refractivity contribution is 5.94. The highest BCUT2D eigenvalue weighted by atomic mass is 15.1. The number of nitrogens with zero attached hydrogens (tertiary/aromatic N) is 2. The Hall–Kier alpha value is -2.39. The van der Waals surface area contributed by atoms with Gasteiger partial charge in [0, 0.05) is 49.7 Å². The van der Waals surface area contributed by atoms with Gasteiger partial charge >= 0.3 is 0 Å². The first-order chi connectivity index (χ1) is 16.3. The Morgan fingerprint density at radius 1 is 1.09 bits per heavy atom. The second-order valence-corrected chi connectivity index (χ2v) is 11.1. The Morgan fingerprint density at radius 3 is 2.44 bits per heavy atom. The smallest absolute Gasteiger partial charge is 0.176 e. The molecule has 4 unspecified atom stereocenters. The van der Waals surface area contributed by atoms with Crippen molar-refractivity contribution >= 4 is 17.0 Å². The molecular weight excluding hydrogens is 414 g/mol. The predicted octanol–water partition coefficient (Wildman–Crippen LogP) is 5.95. The van der Waals surface area contributed by atoms with Crippen molar-refractivity contribution in [3.05, 3.63) is 71.9 Å². The van der Waals surface area contributed by atoms with Crippen molar-refractivity contribution in [2.24, 2.45) is 23.2 Å². The van der Waals surface area contributed by atoms with Gasteiger partial charge in [0.05, 0.1) is 0 Å². The molecule has 1 fully saturated rings. The van der Waals surface area contributed by atoms with E-state index in [1.54, 1.807) is 5.57 Å².